The number of nitrogens with one attached hydrogen (secondary N) is 2. The Bertz CT molecular complexity index is 968. The van der Waals surface area contributed by atoms with Gasteiger partial charge in [-0.15, -0.1) is 0 Å². The molecule has 2 aromatic carbocycles. The zero-order valence-corrected chi connectivity index (χ0v) is 14.7. The van der Waals surface area contributed by atoms with E-state index in [1.807, 2.05) is 54.6 Å². The summed E-state index contributed by atoms with van der Waals surface area (Å²) in [7, 11) is 0. The Morgan fingerprint density at radius 2 is 1.67 bits per heavy atom. The van der Waals surface area contributed by atoms with Crippen LogP contribution in [0.1, 0.15) is 18.1 Å². The molecular formula is C21H17N3O3. The molecule has 0 saturated carbocycles. The maximum Gasteiger partial charge on any atom is 0.354 e. The molecule has 0 unspecified atom stereocenters. The molecule has 0 spiro atoms. The van der Waals surface area contributed by atoms with Crippen molar-refractivity contribution in [3.8, 4) is 6.07 Å². The topological polar surface area (TPSA) is 91.2 Å². The molecule has 134 valence electrons. The fourth-order valence-corrected chi connectivity index (χ4v) is 2.87. The zero-order valence-electron chi connectivity index (χ0n) is 14.7. The van der Waals surface area contributed by atoms with Crippen molar-refractivity contribution in [3.63, 3.8) is 0 Å². The largest absolute Gasteiger partial charge is 0.461 e. The minimum atomic E-state index is -0.737. The van der Waals surface area contributed by atoms with Crippen LogP contribution in [-0.4, -0.2) is 18.5 Å². The SMILES string of the molecule is C=C(NC(=O)C(C#N)=C1c2ccccc2Nc2ccccc21)C(=O)OCC. The average Bonchev–Trinajstić information content (AvgIpc) is 2.68. The van der Waals surface area contributed by atoms with E-state index in [9.17, 15) is 14.9 Å². The van der Waals surface area contributed by atoms with Crippen molar-refractivity contribution in [1.82, 2.24) is 5.32 Å². The quantitative estimate of drug-likeness (QED) is 0.424. The Morgan fingerprint density at radius 1 is 1.11 bits per heavy atom. The summed E-state index contributed by atoms with van der Waals surface area (Å²) in [6, 6.07) is 16.8. The smallest absolute Gasteiger partial charge is 0.354 e. The second-order valence-electron chi connectivity index (χ2n) is 5.73. The van der Waals surface area contributed by atoms with Crippen LogP contribution in [0.5, 0.6) is 0 Å². The number of amides is 1. The van der Waals surface area contributed by atoms with Gasteiger partial charge in [-0.25, -0.2) is 4.79 Å². The first kappa shape index (κ1) is 18.0. The molecule has 0 aromatic heterocycles. The lowest BCUT2D eigenvalue weighted by molar-refractivity contribution is -0.139. The molecule has 1 aliphatic rings. The third kappa shape index (κ3) is 3.44. The molecule has 6 heteroatoms. The zero-order chi connectivity index (χ0) is 19.4. The van der Waals surface area contributed by atoms with Gasteiger partial charge in [-0.1, -0.05) is 43.0 Å². The number of fused-ring (bicyclic) bond motifs is 2. The molecule has 3 rings (SSSR count). The second kappa shape index (κ2) is 7.58. The number of rotatable bonds is 4. The van der Waals surface area contributed by atoms with Gasteiger partial charge in [0.15, 0.2) is 0 Å². The maximum absolute atomic E-state index is 12.7. The van der Waals surface area contributed by atoms with Crippen LogP contribution in [0.2, 0.25) is 0 Å². The number of carbonyl (C=O) groups excluding carboxylic acids is 2. The van der Waals surface area contributed by atoms with Crippen molar-refractivity contribution in [2.24, 2.45) is 0 Å². The molecule has 2 N–H and O–H groups in total. The highest BCUT2D eigenvalue weighted by atomic mass is 16.5. The van der Waals surface area contributed by atoms with Crippen molar-refractivity contribution in [2.45, 2.75) is 6.92 Å². The molecule has 0 fully saturated rings. The molecule has 2 aromatic rings. The van der Waals surface area contributed by atoms with Crippen LogP contribution in [0, 0.1) is 11.3 Å². The molecule has 0 aliphatic carbocycles. The lowest BCUT2D eigenvalue weighted by atomic mass is 9.88. The lowest BCUT2D eigenvalue weighted by Crippen LogP contribution is -2.29. The Labute approximate surface area is 156 Å². The molecule has 1 heterocycles. The van der Waals surface area contributed by atoms with E-state index in [0.717, 1.165) is 22.5 Å². The van der Waals surface area contributed by atoms with Crippen LogP contribution in [0.4, 0.5) is 11.4 Å². The monoisotopic (exact) mass is 359 g/mol. The predicted octanol–water partition coefficient (Wildman–Crippen LogP) is 3.26. The summed E-state index contributed by atoms with van der Waals surface area (Å²) in [6.45, 7) is 5.32. The molecule has 27 heavy (non-hydrogen) atoms. The third-order valence-corrected chi connectivity index (χ3v) is 4.04. The number of hydrogen-bond acceptors (Lipinski definition) is 5. The first-order valence-corrected chi connectivity index (χ1v) is 8.34. The first-order chi connectivity index (χ1) is 13.1. The lowest BCUT2D eigenvalue weighted by Gasteiger charge is -2.24. The Balaban J connectivity index is 2.09. The van der Waals surface area contributed by atoms with Gasteiger partial charge in [-0.3, -0.25) is 4.79 Å². The van der Waals surface area contributed by atoms with Crippen LogP contribution >= 0.6 is 0 Å². The second-order valence-corrected chi connectivity index (χ2v) is 5.73. The number of nitriles is 1. The summed E-state index contributed by atoms with van der Waals surface area (Å²) >= 11 is 0. The van der Waals surface area contributed by atoms with E-state index in [-0.39, 0.29) is 17.9 Å². The van der Waals surface area contributed by atoms with Gasteiger partial charge >= 0.3 is 5.97 Å². The van der Waals surface area contributed by atoms with Crippen LogP contribution < -0.4 is 10.6 Å². The maximum atomic E-state index is 12.7. The van der Waals surface area contributed by atoms with Gasteiger partial charge in [-0.2, -0.15) is 5.26 Å². The molecule has 1 amide bonds. The summed E-state index contributed by atoms with van der Waals surface area (Å²) in [5.41, 5.74) is 3.20. The van der Waals surface area contributed by atoms with E-state index in [4.69, 9.17) is 4.74 Å². The highest BCUT2D eigenvalue weighted by molar-refractivity contribution is 6.13. The fourth-order valence-electron chi connectivity index (χ4n) is 2.87. The molecule has 0 atom stereocenters. The van der Waals surface area contributed by atoms with E-state index < -0.39 is 11.9 Å². The summed E-state index contributed by atoms with van der Waals surface area (Å²) in [4.78, 5) is 24.4. The highest BCUT2D eigenvalue weighted by Gasteiger charge is 2.26. The standard InChI is InChI=1S/C21H17N3O3/c1-3-27-21(26)13(2)23-20(25)16(12-22)19-14-8-4-6-10-17(14)24-18-11-7-5-9-15(18)19/h4-11,24H,2-3H2,1H3,(H,23,25). The number of benzene rings is 2. The normalized spacial score (nSPS) is 11.2. The number of carbonyl (C=O) groups is 2. The number of nitrogens with zero attached hydrogens (tertiary/aromatic N) is 1. The molecule has 6 nitrogen and oxygen atoms in total. The molecule has 1 aliphatic heterocycles. The van der Waals surface area contributed by atoms with Crippen LogP contribution in [0.3, 0.4) is 0 Å². The van der Waals surface area contributed by atoms with E-state index in [1.165, 1.54) is 0 Å². The first-order valence-electron chi connectivity index (χ1n) is 8.34. The van der Waals surface area contributed by atoms with Crippen LogP contribution in [0.25, 0.3) is 5.57 Å². The summed E-state index contributed by atoms with van der Waals surface area (Å²) in [5.74, 6) is -1.45. The van der Waals surface area contributed by atoms with Crippen LogP contribution in [0.15, 0.2) is 66.4 Å². The number of hydrogen-bond donors (Lipinski definition) is 2. The summed E-state index contributed by atoms with van der Waals surface area (Å²) in [6.07, 6.45) is 0. The van der Waals surface area contributed by atoms with Gasteiger partial charge in [0.05, 0.1) is 6.61 Å². The average molecular weight is 359 g/mol. The van der Waals surface area contributed by atoms with Crippen molar-refractivity contribution in [2.75, 3.05) is 11.9 Å². The summed E-state index contributed by atoms with van der Waals surface area (Å²) < 4.78 is 4.81. The van der Waals surface area contributed by atoms with E-state index in [0.29, 0.717) is 5.57 Å². The van der Waals surface area contributed by atoms with Gasteiger partial charge in [0.1, 0.15) is 17.3 Å². The van der Waals surface area contributed by atoms with Crippen LogP contribution in [-0.2, 0) is 14.3 Å². The highest BCUT2D eigenvalue weighted by Crippen LogP contribution is 2.41. The summed E-state index contributed by atoms with van der Waals surface area (Å²) in [5, 5.41) is 15.4. The van der Waals surface area contributed by atoms with Crippen molar-refractivity contribution >= 4 is 28.8 Å². The van der Waals surface area contributed by atoms with Gasteiger partial charge in [-0.05, 0) is 19.1 Å². The molecule has 0 saturated heterocycles. The van der Waals surface area contributed by atoms with E-state index in [2.05, 4.69) is 17.2 Å². The third-order valence-electron chi connectivity index (χ3n) is 4.04. The molecular weight excluding hydrogens is 342 g/mol. The van der Waals surface area contributed by atoms with E-state index >= 15 is 0 Å². The van der Waals surface area contributed by atoms with Gasteiger partial charge in [0, 0.05) is 28.1 Å². The molecule has 0 radical (unpaired) electrons. The Morgan fingerprint density at radius 3 is 2.19 bits per heavy atom. The van der Waals surface area contributed by atoms with Gasteiger partial charge in [0.2, 0.25) is 0 Å². The number of esters is 1. The Kier molecular flexibility index (Phi) is 5.04. The predicted molar refractivity (Wildman–Crippen MR) is 102 cm³/mol. The molecule has 0 bridgehead atoms. The van der Waals surface area contributed by atoms with Gasteiger partial charge < -0.3 is 15.4 Å². The number of ether oxygens (including phenoxy) is 1. The number of anilines is 2. The van der Waals surface area contributed by atoms with E-state index in [1.54, 1.807) is 6.92 Å². The minimum absolute atomic E-state index is 0.109. The van der Waals surface area contributed by atoms with Crippen molar-refractivity contribution < 1.29 is 14.3 Å². The fraction of sp³-hybridized carbons (Fsp3) is 0.0952. The van der Waals surface area contributed by atoms with Crippen molar-refractivity contribution in [1.29, 1.82) is 5.26 Å². The van der Waals surface area contributed by atoms with Gasteiger partial charge in [0.25, 0.3) is 5.91 Å². The number of para-hydroxylation sites is 2. The minimum Gasteiger partial charge on any atom is -0.461 e. The Hall–Kier alpha value is -3.85. The van der Waals surface area contributed by atoms with Crippen molar-refractivity contribution in [3.05, 3.63) is 77.5 Å².